The van der Waals surface area contributed by atoms with Gasteiger partial charge >= 0.3 is 0 Å². The van der Waals surface area contributed by atoms with Crippen LogP contribution in [-0.4, -0.2) is 36.8 Å². The quantitative estimate of drug-likeness (QED) is 0.191. The number of fused-ring (bicyclic) bond motifs is 1. The summed E-state index contributed by atoms with van der Waals surface area (Å²) in [6, 6.07) is 19.7. The van der Waals surface area contributed by atoms with Gasteiger partial charge in [0, 0.05) is 12.0 Å². The maximum absolute atomic E-state index is 12.6. The Morgan fingerprint density at radius 2 is 1.63 bits per heavy atom. The van der Waals surface area contributed by atoms with Crippen molar-refractivity contribution in [1.29, 1.82) is 0 Å². The lowest BCUT2D eigenvalue weighted by Gasteiger charge is -2.13. The fourth-order valence-electron chi connectivity index (χ4n) is 4.56. The van der Waals surface area contributed by atoms with Gasteiger partial charge in [-0.2, -0.15) is 0 Å². The summed E-state index contributed by atoms with van der Waals surface area (Å²) in [5.41, 5.74) is 3.94. The number of hydrogen-bond donors (Lipinski definition) is 0. The van der Waals surface area contributed by atoms with Crippen LogP contribution in [0.15, 0.2) is 60.7 Å². The van der Waals surface area contributed by atoms with Crippen LogP contribution < -0.4 is 19.5 Å². The van der Waals surface area contributed by atoms with Gasteiger partial charge in [-0.3, -0.25) is 4.79 Å². The van der Waals surface area contributed by atoms with E-state index in [2.05, 4.69) is 9.88 Å². The van der Waals surface area contributed by atoms with E-state index in [0.29, 0.717) is 29.5 Å². The molecular weight excluding hydrogens is 502 g/mol. The van der Waals surface area contributed by atoms with E-state index in [-0.39, 0.29) is 12.5 Å². The largest absolute Gasteiger partial charge is 0.496 e. The SMILES string of the molecule is COc1ccccc1Cn1c(C[N]C(=O)CCCCCc2ccc(OC)c(OC)c2Cl)nc2ccccc21. The van der Waals surface area contributed by atoms with Crippen LogP contribution in [0.3, 0.4) is 0 Å². The van der Waals surface area contributed by atoms with Crippen LogP contribution in [0.4, 0.5) is 0 Å². The maximum atomic E-state index is 12.6. The fourth-order valence-corrected chi connectivity index (χ4v) is 4.88. The normalized spacial score (nSPS) is 10.9. The molecule has 1 aromatic heterocycles. The number of aromatic nitrogens is 2. The molecule has 0 aliphatic carbocycles. The molecule has 0 N–H and O–H groups in total. The molecule has 4 rings (SSSR count). The van der Waals surface area contributed by atoms with Crippen LogP contribution in [-0.2, 0) is 24.3 Å². The van der Waals surface area contributed by atoms with Crippen molar-refractivity contribution in [2.75, 3.05) is 21.3 Å². The van der Waals surface area contributed by atoms with Crippen LogP contribution in [0.2, 0.25) is 5.02 Å². The number of aryl methyl sites for hydroxylation is 1. The number of rotatable bonds is 13. The number of nitrogens with zero attached hydrogens (tertiary/aromatic N) is 3. The molecule has 0 aliphatic heterocycles. The summed E-state index contributed by atoms with van der Waals surface area (Å²) in [4.78, 5) is 17.3. The highest BCUT2D eigenvalue weighted by molar-refractivity contribution is 6.33. The Balaban J connectivity index is 1.31. The number of unbranched alkanes of at least 4 members (excludes halogenated alkanes) is 2. The van der Waals surface area contributed by atoms with Crippen molar-refractivity contribution in [3.8, 4) is 17.2 Å². The van der Waals surface area contributed by atoms with Gasteiger partial charge in [-0.25, -0.2) is 10.3 Å². The number of halogens is 1. The minimum atomic E-state index is -0.106. The van der Waals surface area contributed by atoms with Crippen LogP contribution in [0.5, 0.6) is 17.2 Å². The first kappa shape index (κ1) is 27.3. The third-order valence-electron chi connectivity index (χ3n) is 6.55. The van der Waals surface area contributed by atoms with Gasteiger partial charge in [0.1, 0.15) is 18.1 Å². The Labute approximate surface area is 228 Å². The monoisotopic (exact) mass is 534 g/mol. The summed E-state index contributed by atoms with van der Waals surface area (Å²) in [5.74, 6) is 2.64. The molecule has 0 saturated heterocycles. The Kier molecular flexibility index (Phi) is 9.49. The second-order valence-corrected chi connectivity index (χ2v) is 9.34. The first-order valence-corrected chi connectivity index (χ1v) is 13.1. The van der Waals surface area contributed by atoms with Gasteiger partial charge < -0.3 is 18.8 Å². The van der Waals surface area contributed by atoms with E-state index >= 15 is 0 Å². The van der Waals surface area contributed by atoms with E-state index in [9.17, 15) is 4.79 Å². The highest BCUT2D eigenvalue weighted by atomic mass is 35.5. The molecule has 8 heteroatoms. The first-order chi connectivity index (χ1) is 18.5. The number of hydrogen-bond acceptors (Lipinski definition) is 5. The summed E-state index contributed by atoms with van der Waals surface area (Å²) in [6.45, 7) is 0.826. The average molecular weight is 535 g/mol. The molecule has 0 atom stereocenters. The van der Waals surface area contributed by atoms with E-state index in [1.807, 2.05) is 60.7 Å². The molecule has 1 amide bonds. The van der Waals surface area contributed by atoms with E-state index in [0.717, 1.165) is 59.4 Å². The van der Waals surface area contributed by atoms with Gasteiger partial charge in [-0.05, 0) is 49.1 Å². The zero-order chi connectivity index (χ0) is 26.9. The lowest BCUT2D eigenvalue weighted by molar-refractivity contribution is -0.121. The van der Waals surface area contributed by atoms with E-state index < -0.39 is 0 Å². The molecule has 4 aromatic rings. The number of imidazole rings is 1. The van der Waals surface area contributed by atoms with Crippen molar-refractivity contribution in [3.05, 3.63) is 82.6 Å². The highest BCUT2D eigenvalue weighted by Gasteiger charge is 2.15. The molecule has 0 unspecified atom stereocenters. The van der Waals surface area contributed by atoms with Crippen molar-refractivity contribution in [2.45, 2.75) is 45.2 Å². The summed E-state index contributed by atoms with van der Waals surface area (Å²) >= 11 is 6.48. The lowest BCUT2D eigenvalue weighted by atomic mass is 10.1. The topological polar surface area (TPSA) is 76.7 Å². The predicted octanol–water partition coefficient (Wildman–Crippen LogP) is 6.20. The van der Waals surface area contributed by atoms with Gasteiger partial charge in [0.15, 0.2) is 11.5 Å². The van der Waals surface area contributed by atoms with Crippen molar-refractivity contribution < 1.29 is 19.0 Å². The van der Waals surface area contributed by atoms with Gasteiger partial charge in [-0.1, -0.05) is 54.4 Å². The number of methoxy groups -OCH3 is 3. The number of amides is 1. The molecule has 1 heterocycles. The van der Waals surface area contributed by atoms with Crippen LogP contribution in [0.1, 0.15) is 42.6 Å². The standard InChI is InChI=1S/C30H33ClN3O4/c1-36-25-15-10-7-12-22(25)20-34-24-14-9-8-13-23(24)33-27(34)19-32-28(35)16-6-4-5-11-21-17-18-26(37-2)30(38-3)29(21)31/h7-10,12-15,17-18H,4-6,11,16,19-20H2,1-3H3. The molecular formula is C30H33ClN3O4. The molecule has 1 radical (unpaired) electrons. The molecule has 7 nitrogen and oxygen atoms in total. The zero-order valence-corrected chi connectivity index (χ0v) is 22.8. The van der Waals surface area contributed by atoms with Crippen molar-refractivity contribution >= 4 is 28.5 Å². The van der Waals surface area contributed by atoms with Crippen LogP contribution in [0, 0.1) is 0 Å². The van der Waals surface area contributed by atoms with Crippen molar-refractivity contribution in [3.63, 3.8) is 0 Å². The highest BCUT2D eigenvalue weighted by Crippen LogP contribution is 2.37. The molecule has 0 fully saturated rings. The fraction of sp³-hybridized carbons (Fsp3) is 0.333. The lowest BCUT2D eigenvalue weighted by Crippen LogP contribution is -2.18. The van der Waals surface area contributed by atoms with Crippen molar-refractivity contribution in [1.82, 2.24) is 14.9 Å². The number of para-hydroxylation sites is 3. The number of benzene rings is 3. The van der Waals surface area contributed by atoms with Gasteiger partial charge in [0.25, 0.3) is 0 Å². The third kappa shape index (κ3) is 6.40. The number of carbonyl (C=O) groups is 1. The summed E-state index contributed by atoms with van der Waals surface area (Å²) in [7, 11) is 4.84. The predicted molar refractivity (Wildman–Crippen MR) is 149 cm³/mol. The smallest absolute Gasteiger partial charge is 0.241 e. The minimum Gasteiger partial charge on any atom is -0.496 e. The Bertz CT molecular complexity index is 1390. The molecule has 0 bridgehead atoms. The Hall–Kier alpha value is -3.71. The summed E-state index contributed by atoms with van der Waals surface area (Å²) in [6.07, 6.45) is 3.80. The molecule has 199 valence electrons. The number of carbonyl (C=O) groups excluding carboxylic acids is 1. The number of ether oxygens (including phenoxy) is 3. The zero-order valence-electron chi connectivity index (χ0n) is 22.1. The second-order valence-electron chi connectivity index (χ2n) is 8.96. The Morgan fingerprint density at radius 1 is 0.868 bits per heavy atom. The summed E-state index contributed by atoms with van der Waals surface area (Å²) in [5, 5.41) is 4.92. The summed E-state index contributed by atoms with van der Waals surface area (Å²) < 4.78 is 18.3. The van der Waals surface area contributed by atoms with E-state index in [4.69, 9.17) is 30.8 Å². The van der Waals surface area contributed by atoms with Gasteiger partial charge in [0.05, 0.1) is 43.9 Å². The van der Waals surface area contributed by atoms with E-state index in [1.165, 1.54) is 0 Å². The van der Waals surface area contributed by atoms with Crippen LogP contribution >= 0.6 is 11.6 Å². The first-order valence-electron chi connectivity index (χ1n) is 12.7. The molecule has 3 aromatic carbocycles. The van der Waals surface area contributed by atoms with Gasteiger partial charge in [0.2, 0.25) is 5.91 Å². The van der Waals surface area contributed by atoms with E-state index in [1.54, 1.807) is 21.3 Å². The third-order valence-corrected chi connectivity index (χ3v) is 6.97. The maximum Gasteiger partial charge on any atom is 0.241 e. The van der Waals surface area contributed by atoms with Crippen LogP contribution in [0.25, 0.3) is 11.0 Å². The average Bonchev–Trinajstić information content (AvgIpc) is 3.29. The molecule has 0 spiro atoms. The Morgan fingerprint density at radius 3 is 2.42 bits per heavy atom. The van der Waals surface area contributed by atoms with Crippen molar-refractivity contribution in [2.24, 2.45) is 0 Å². The minimum absolute atomic E-state index is 0.106. The molecule has 0 aliphatic rings. The molecule has 38 heavy (non-hydrogen) atoms. The van der Waals surface area contributed by atoms with Gasteiger partial charge in [-0.15, -0.1) is 0 Å². The molecule has 0 saturated carbocycles. The second kappa shape index (κ2) is 13.2.